The molecule has 0 saturated carbocycles. The number of rotatable bonds is 3. The Morgan fingerprint density at radius 2 is 2.00 bits per heavy atom. The van der Waals surface area contributed by atoms with E-state index in [4.69, 9.17) is 0 Å². The Balaban J connectivity index is 1.86. The third-order valence-electron chi connectivity index (χ3n) is 3.52. The highest BCUT2D eigenvalue weighted by Crippen LogP contribution is 2.30. The lowest BCUT2D eigenvalue weighted by Crippen LogP contribution is -2.44. The summed E-state index contributed by atoms with van der Waals surface area (Å²) in [6, 6.07) is 6.39. The van der Waals surface area contributed by atoms with Crippen LogP contribution in [0.5, 0.6) is 0 Å². The third-order valence-corrected chi connectivity index (χ3v) is 5.36. The zero-order chi connectivity index (χ0) is 12.8. The zero-order valence-electron chi connectivity index (χ0n) is 9.80. The van der Waals surface area contributed by atoms with Gasteiger partial charge in [-0.05, 0) is 37.6 Å². The van der Waals surface area contributed by atoms with Crippen LogP contribution in [0.15, 0.2) is 29.2 Å². The van der Waals surface area contributed by atoms with Crippen molar-refractivity contribution in [3.05, 3.63) is 29.8 Å². The number of hydrogen-bond acceptors (Lipinski definition) is 4. The van der Waals surface area contributed by atoms with Gasteiger partial charge in [-0.2, -0.15) is 0 Å². The Kier molecular flexibility index (Phi) is 2.64. The molecule has 0 unspecified atom stereocenters. The standard InChI is InChI=1S/C12H14N2O3S/c15-12-10-3-1-2-4-11(10)18(16,17)14(12)6-5-9-7-13-8-9/h1-4,9,13H,5-8H2. The van der Waals surface area contributed by atoms with E-state index in [2.05, 4.69) is 5.32 Å². The molecule has 0 aromatic heterocycles. The molecule has 0 radical (unpaired) electrons. The lowest BCUT2D eigenvalue weighted by atomic mass is 9.99. The van der Waals surface area contributed by atoms with E-state index in [1.165, 1.54) is 6.07 Å². The van der Waals surface area contributed by atoms with Gasteiger partial charge in [-0.15, -0.1) is 0 Å². The second-order valence-corrected chi connectivity index (χ2v) is 6.52. The number of carbonyl (C=O) groups is 1. The normalized spacial score (nSPS) is 21.8. The summed E-state index contributed by atoms with van der Waals surface area (Å²) in [6.45, 7) is 2.10. The van der Waals surface area contributed by atoms with Gasteiger partial charge < -0.3 is 5.32 Å². The highest BCUT2D eigenvalue weighted by atomic mass is 32.2. The van der Waals surface area contributed by atoms with Crippen LogP contribution in [0.1, 0.15) is 16.8 Å². The predicted octanol–water partition coefficient (Wildman–Crippen LogP) is 0.441. The molecule has 0 spiro atoms. The molecule has 1 saturated heterocycles. The zero-order valence-corrected chi connectivity index (χ0v) is 10.6. The molecule has 1 amide bonds. The first-order chi connectivity index (χ1) is 8.60. The average Bonchev–Trinajstić information content (AvgIpc) is 2.49. The lowest BCUT2D eigenvalue weighted by molar-refractivity contribution is 0.0863. The minimum Gasteiger partial charge on any atom is -0.316 e. The van der Waals surface area contributed by atoms with E-state index < -0.39 is 15.9 Å². The van der Waals surface area contributed by atoms with Crippen molar-refractivity contribution >= 4 is 15.9 Å². The van der Waals surface area contributed by atoms with Crippen molar-refractivity contribution in [3.8, 4) is 0 Å². The number of nitrogens with zero attached hydrogens (tertiary/aromatic N) is 1. The van der Waals surface area contributed by atoms with Crippen molar-refractivity contribution in [2.24, 2.45) is 5.92 Å². The van der Waals surface area contributed by atoms with E-state index in [-0.39, 0.29) is 11.4 Å². The molecule has 1 N–H and O–H groups in total. The van der Waals surface area contributed by atoms with Crippen LogP contribution in [0.2, 0.25) is 0 Å². The smallest absolute Gasteiger partial charge is 0.269 e. The summed E-state index contributed by atoms with van der Waals surface area (Å²) in [5, 5.41) is 3.13. The van der Waals surface area contributed by atoms with Gasteiger partial charge in [0.05, 0.1) is 5.56 Å². The molecule has 0 aliphatic carbocycles. The topological polar surface area (TPSA) is 66.5 Å². The Hall–Kier alpha value is -1.40. The van der Waals surface area contributed by atoms with Gasteiger partial charge in [-0.1, -0.05) is 12.1 Å². The van der Waals surface area contributed by atoms with Crippen LogP contribution >= 0.6 is 0 Å². The van der Waals surface area contributed by atoms with Crippen LogP contribution in [0.3, 0.4) is 0 Å². The van der Waals surface area contributed by atoms with Crippen molar-refractivity contribution in [2.75, 3.05) is 19.6 Å². The fourth-order valence-corrected chi connectivity index (χ4v) is 3.89. The molecule has 2 aliphatic heterocycles. The van der Waals surface area contributed by atoms with Gasteiger partial charge in [0.2, 0.25) is 0 Å². The van der Waals surface area contributed by atoms with Gasteiger partial charge in [-0.3, -0.25) is 4.79 Å². The SMILES string of the molecule is O=C1c2ccccc2S(=O)(=O)N1CCC1CNC1. The Bertz CT molecular complexity index is 593. The van der Waals surface area contributed by atoms with Crippen LogP contribution in [0.25, 0.3) is 0 Å². The summed E-state index contributed by atoms with van der Waals surface area (Å²) >= 11 is 0. The van der Waals surface area contributed by atoms with Crippen LogP contribution < -0.4 is 5.32 Å². The second-order valence-electron chi connectivity index (χ2n) is 4.69. The summed E-state index contributed by atoms with van der Waals surface area (Å²) in [5.41, 5.74) is 0.296. The van der Waals surface area contributed by atoms with E-state index in [1.54, 1.807) is 18.2 Å². The van der Waals surface area contributed by atoms with Gasteiger partial charge in [0.25, 0.3) is 15.9 Å². The molecule has 2 aliphatic rings. The molecule has 1 aromatic carbocycles. The average molecular weight is 266 g/mol. The van der Waals surface area contributed by atoms with Crippen LogP contribution in [-0.2, 0) is 10.0 Å². The number of fused-ring (bicyclic) bond motifs is 1. The van der Waals surface area contributed by atoms with Crippen molar-refractivity contribution in [1.29, 1.82) is 0 Å². The van der Waals surface area contributed by atoms with E-state index in [0.717, 1.165) is 23.8 Å². The number of benzene rings is 1. The molecule has 18 heavy (non-hydrogen) atoms. The van der Waals surface area contributed by atoms with Gasteiger partial charge in [0.15, 0.2) is 0 Å². The molecular weight excluding hydrogens is 252 g/mol. The van der Waals surface area contributed by atoms with E-state index in [0.29, 0.717) is 11.5 Å². The van der Waals surface area contributed by atoms with Crippen molar-refractivity contribution in [3.63, 3.8) is 0 Å². The molecule has 1 aromatic rings. The highest BCUT2D eigenvalue weighted by Gasteiger charge is 2.40. The number of carbonyl (C=O) groups excluding carboxylic acids is 1. The first-order valence-electron chi connectivity index (χ1n) is 5.97. The van der Waals surface area contributed by atoms with Crippen LogP contribution in [0.4, 0.5) is 0 Å². The maximum Gasteiger partial charge on any atom is 0.269 e. The molecule has 96 valence electrons. The van der Waals surface area contributed by atoms with Crippen molar-refractivity contribution in [1.82, 2.24) is 9.62 Å². The number of sulfonamides is 1. The molecule has 6 heteroatoms. The molecule has 5 nitrogen and oxygen atoms in total. The third kappa shape index (κ3) is 1.64. The Morgan fingerprint density at radius 1 is 1.28 bits per heavy atom. The molecule has 2 heterocycles. The van der Waals surface area contributed by atoms with Crippen molar-refractivity contribution in [2.45, 2.75) is 11.3 Å². The van der Waals surface area contributed by atoms with Gasteiger partial charge in [-0.25, -0.2) is 12.7 Å². The van der Waals surface area contributed by atoms with E-state index in [9.17, 15) is 13.2 Å². The van der Waals surface area contributed by atoms with E-state index in [1.807, 2.05) is 0 Å². The Morgan fingerprint density at radius 3 is 2.61 bits per heavy atom. The minimum absolute atomic E-state index is 0.140. The largest absolute Gasteiger partial charge is 0.316 e. The van der Waals surface area contributed by atoms with Gasteiger partial charge in [0, 0.05) is 6.54 Å². The highest BCUT2D eigenvalue weighted by molar-refractivity contribution is 7.90. The summed E-state index contributed by atoms with van der Waals surface area (Å²) < 4.78 is 25.4. The molecule has 0 bridgehead atoms. The predicted molar refractivity (Wildman–Crippen MR) is 65.6 cm³/mol. The fraction of sp³-hybridized carbons (Fsp3) is 0.417. The second kappa shape index (κ2) is 4.07. The van der Waals surface area contributed by atoms with Crippen LogP contribution in [-0.4, -0.2) is 38.3 Å². The summed E-state index contributed by atoms with van der Waals surface area (Å²) in [4.78, 5) is 12.2. The maximum atomic E-state index is 12.2. The number of nitrogens with one attached hydrogen (secondary N) is 1. The fourth-order valence-electron chi connectivity index (χ4n) is 2.30. The van der Waals surface area contributed by atoms with E-state index >= 15 is 0 Å². The quantitative estimate of drug-likeness (QED) is 0.862. The molecule has 0 atom stereocenters. The lowest BCUT2D eigenvalue weighted by Gasteiger charge is -2.28. The molecule has 1 fully saturated rings. The maximum absolute atomic E-state index is 12.2. The van der Waals surface area contributed by atoms with Crippen molar-refractivity contribution < 1.29 is 13.2 Å². The van der Waals surface area contributed by atoms with Crippen LogP contribution in [0, 0.1) is 5.92 Å². The first kappa shape index (κ1) is 11.7. The minimum atomic E-state index is -3.61. The monoisotopic (exact) mass is 266 g/mol. The summed E-state index contributed by atoms with van der Waals surface area (Å²) in [5.74, 6) is 0.0922. The molecule has 3 rings (SSSR count). The van der Waals surface area contributed by atoms with Gasteiger partial charge >= 0.3 is 0 Å². The number of hydrogen-bond donors (Lipinski definition) is 1. The Labute approximate surface area is 106 Å². The summed E-state index contributed by atoms with van der Waals surface area (Å²) in [6.07, 6.45) is 0.728. The number of amides is 1. The van der Waals surface area contributed by atoms with Gasteiger partial charge in [0.1, 0.15) is 4.90 Å². The summed E-state index contributed by atoms with van der Waals surface area (Å²) in [7, 11) is -3.61. The molecular formula is C12H14N2O3S. The first-order valence-corrected chi connectivity index (χ1v) is 7.41.